The van der Waals surface area contributed by atoms with Crippen molar-refractivity contribution in [1.29, 1.82) is 0 Å². The van der Waals surface area contributed by atoms with Gasteiger partial charge in [-0.1, -0.05) is 36.4 Å². The number of hydrogen-bond donors (Lipinski definition) is 1. The molecule has 0 unspecified atom stereocenters. The third-order valence-electron chi connectivity index (χ3n) is 4.64. The standard InChI is InChI=1S/C21H25N3O3/c1-23(15-20(25)22-14-19-8-5-13-27-19)21(26)16-24-11-9-18(10-12-24)17-6-3-2-4-7-17/h2-9,13H,10-12,14-16H2,1H3,(H,22,25). The number of likely N-dealkylation sites (N-methyl/N-ethyl adjacent to an activating group) is 1. The minimum Gasteiger partial charge on any atom is -0.467 e. The van der Waals surface area contributed by atoms with Gasteiger partial charge in [-0.3, -0.25) is 14.5 Å². The summed E-state index contributed by atoms with van der Waals surface area (Å²) in [6, 6.07) is 13.9. The van der Waals surface area contributed by atoms with Crippen LogP contribution in [0.25, 0.3) is 5.57 Å². The van der Waals surface area contributed by atoms with Crippen molar-refractivity contribution in [2.24, 2.45) is 0 Å². The number of nitrogens with one attached hydrogen (secondary N) is 1. The van der Waals surface area contributed by atoms with Gasteiger partial charge in [0.2, 0.25) is 11.8 Å². The van der Waals surface area contributed by atoms with Gasteiger partial charge in [-0.05, 0) is 29.7 Å². The molecule has 27 heavy (non-hydrogen) atoms. The van der Waals surface area contributed by atoms with E-state index >= 15 is 0 Å². The lowest BCUT2D eigenvalue weighted by molar-refractivity contribution is -0.135. The molecule has 0 aliphatic carbocycles. The predicted octanol–water partition coefficient (Wildman–Crippen LogP) is 2.14. The van der Waals surface area contributed by atoms with Crippen LogP contribution in [-0.2, 0) is 16.1 Å². The number of rotatable bonds is 7. The first-order chi connectivity index (χ1) is 13.1. The lowest BCUT2D eigenvalue weighted by Gasteiger charge is -2.27. The largest absolute Gasteiger partial charge is 0.467 e. The lowest BCUT2D eigenvalue weighted by atomic mass is 10.00. The fraction of sp³-hybridized carbons (Fsp3) is 0.333. The minimum absolute atomic E-state index is 0.0402. The fourth-order valence-electron chi connectivity index (χ4n) is 3.04. The number of hydrogen-bond acceptors (Lipinski definition) is 4. The molecule has 1 N–H and O–H groups in total. The van der Waals surface area contributed by atoms with E-state index in [9.17, 15) is 9.59 Å². The van der Waals surface area contributed by atoms with E-state index < -0.39 is 0 Å². The smallest absolute Gasteiger partial charge is 0.239 e. The Morgan fingerprint density at radius 2 is 2.00 bits per heavy atom. The van der Waals surface area contributed by atoms with Gasteiger partial charge in [-0.2, -0.15) is 0 Å². The maximum atomic E-state index is 12.4. The van der Waals surface area contributed by atoms with Gasteiger partial charge in [0.05, 0.1) is 25.9 Å². The van der Waals surface area contributed by atoms with Crippen molar-refractivity contribution in [3.8, 4) is 0 Å². The summed E-state index contributed by atoms with van der Waals surface area (Å²) in [4.78, 5) is 27.9. The van der Waals surface area contributed by atoms with Gasteiger partial charge in [0.1, 0.15) is 5.76 Å². The molecule has 1 aliphatic heterocycles. The van der Waals surface area contributed by atoms with Gasteiger partial charge < -0.3 is 14.6 Å². The predicted molar refractivity (Wildman–Crippen MR) is 104 cm³/mol. The van der Waals surface area contributed by atoms with Crippen LogP contribution >= 0.6 is 0 Å². The van der Waals surface area contributed by atoms with Gasteiger partial charge >= 0.3 is 0 Å². The van der Waals surface area contributed by atoms with E-state index in [2.05, 4.69) is 28.4 Å². The molecule has 142 valence electrons. The average molecular weight is 367 g/mol. The zero-order valence-electron chi connectivity index (χ0n) is 15.6. The van der Waals surface area contributed by atoms with Crippen LogP contribution in [0.2, 0.25) is 0 Å². The molecule has 0 bridgehead atoms. The first kappa shape index (κ1) is 18.9. The number of nitrogens with zero attached hydrogens (tertiary/aromatic N) is 2. The fourth-order valence-corrected chi connectivity index (χ4v) is 3.04. The molecule has 0 atom stereocenters. The highest BCUT2D eigenvalue weighted by Gasteiger charge is 2.19. The molecule has 2 heterocycles. The third-order valence-corrected chi connectivity index (χ3v) is 4.64. The number of benzene rings is 1. The zero-order valence-corrected chi connectivity index (χ0v) is 15.6. The van der Waals surface area contributed by atoms with E-state index in [1.165, 1.54) is 16.0 Å². The maximum absolute atomic E-state index is 12.4. The van der Waals surface area contributed by atoms with E-state index in [1.807, 2.05) is 18.2 Å². The summed E-state index contributed by atoms with van der Waals surface area (Å²) in [7, 11) is 1.66. The van der Waals surface area contributed by atoms with Gasteiger partial charge in [0.25, 0.3) is 0 Å². The molecular weight excluding hydrogens is 342 g/mol. The number of amides is 2. The Morgan fingerprint density at radius 3 is 2.67 bits per heavy atom. The number of carbonyl (C=O) groups is 2. The van der Waals surface area contributed by atoms with Crippen molar-refractivity contribution in [1.82, 2.24) is 15.1 Å². The summed E-state index contributed by atoms with van der Waals surface area (Å²) >= 11 is 0. The summed E-state index contributed by atoms with van der Waals surface area (Å²) in [5, 5.41) is 2.75. The summed E-state index contributed by atoms with van der Waals surface area (Å²) in [5.74, 6) is 0.429. The molecule has 0 saturated carbocycles. The summed E-state index contributed by atoms with van der Waals surface area (Å²) in [5.41, 5.74) is 2.57. The molecule has 0 fully saturated rings. The Labute approximate surface area is 159 Å². The molecule has 2 aromatic rings. The number of furan rings is 1. The average Bonchev–Trinajstić information content (AvgIpc) is 3.21. The lowest BCUT2D eigenvalue weighted by Crippen LogP contribution is -2.44. The van der Waals surface area contributed by atoms with Crippen LogP contribution in [0.3, 0.4) is 0 Å². The van der Waals surface area contributed by atoms with Crippen LogP contribution in [0.4, 0.5) is 0 Å². The van der Waals surface area contributed by atoms with Gasteiger partial charge in [0, 0.05) is 20.1 Å². The normalized spacial score (nSPS) is 14.5. The van der Waals surface area contributed by atoms with E-state index in [0.717, 1.165) is 19.5 Å². The van der Waals surface area contributed by atoms with Crippen LogP contribution in [0.1, 0.15) is 17.7 Å². The van der Waals surface area contributed by atoms with Crippen molar-refractivity contribution in [2.75, 3.05) is 33.2 Å². The van der Waals surface area contributed by atoms with Crippen molar-refractivity contribution in [3.05, 3.63) is 66.1 Å². The number of carbonyl (C=O) groups excluding carboxylic acids is 2. The maximum Gasteiger partial charge on any atom is 0.239 e. The highest BCUT2D eigenvalue weighted by Crippen LogP contribution is 2.21. The third kappa shape index (κ3) is 5.56. The van der Waals surface area contributed by atoms with Crippen LogP contribution < -0.4 is 5.32 Å². The van der Waals surface area contributed by atoms with Gasteiger partial charge in [-0.25, -0.2) is 0 Å². The first-order valence-electron chi connectivity index (χ1n) is 9.11. The van der Waals surface area contributed by atoms with Crippen molar-refractivity contribution in [3.63, 3.8) is 0 Å². The highest BCUT2D eigenvalue weighted by atomic mass is 16.3. The molecule has 0 saturated heterocycles. The Morgan fingerprint density at radius 1 is 1.19 bits per heavy atom. The minimum atomic E-state index is -0.202. The van der Waals surface area contributed by atoms with Crippen molar-refractivity contribution >= 4 is 17.4 Å². The van der Waals surface area contributed by atoms with Crippen LogP contribution in [0.15, 0.2) is 59.2 Å². The molecule has 1 aromatic heterocycles. The Bertz CT molecular complexity index is 784. The van der Waals surface area contributed by atoms with Crippen molar-refractivity contribution in [2.45, 2.75) is 13.0 Å². The van der Waals surface area contributed by atoms with E-state index in [0.29, 0.717) is 18.8 Å². The molecule has 1 aliphatic rings. The summed E-state index contributed by atoms with van der Waals surface area (Å²) < 4.78 is 5.17. The zero-order chi connectivity index (χ0) is 19.1. The molecule has 0 spiro atoms. The van der Waals surface area contributed by atoms with Gasteiger partial charge in [-0.15, -0.1) is 0 Å². The molecule has 0 radical (unpaired) electrons. The van der Waals surface area contributed by atoms with Crippen LogP contribution in [0.5, 0.6) is 0 Å². The van der Waals surface area contributed by atoms with Gasteiger partial charge in [0.15, 0.2) is 0 Å². The highest BCUT2D eigenvalue weighted by molar-refractivity contribution is 5.85. The molecule has 3 rings (SSSR count). The molecular formula is C21H25N3O3. The summed E-state index contributed by atoms with van der Waals surface area (Å²) in [6.07, 6.45) is 4.67. The Balaban J connectivity index is 1.42. The Hall–Kier alpha value is -2.86. The molecule has 6 heteroatoms. The molecule has 2 amide bonds. The SMILES string of the molecule is CN(CC(=O)NCc1ccco1)C(=O)CN1CC=C(c2ccccc2)CC1. The molecule has 1 aromatic carbocycles. The molecule has 6 nitrogen and oxygen atoms in total. The monoisotopic (exact) mass is 367 g/mol. The summed E-state index contributed by atoms with van der Waals surface area (Å²) in [6.45, 7) is 2.27. The first-order valence-corrected chi connectivity index (χ1v) is 9.11. The Kier molecular flexibility index (Phi) is 6.44. The quantitative estimate of drug-likeness (QED) is 0.814. The second-order valence-corrected chi connectivity index (χ2v) is 6.69. The van der Waals surface area contributed by atoms with Crippen LogP contribution in [-0.4, -0.2) is 54.8 Å². The second-order valence-electron chi connectivity index (χ2n) is 6.69. The second kappa shape index (κ2) is 9.19. The van der Waals surface area contributed by atoms with Crippen LogP contribution in [0, 0.1) is 0 Å². The topological polar surface area (TPSA) is 65.8 Å². The van der Waals surface area contributed by atoms with E-state index in [-0.39, 0.29) is 18.4 Å². The van der Waals surface area contributed by atoms with E-state index in [1.54, 1.807) is 25.4 Å². The van der Waals surface area contributed by atoms with Crippen molar-refractivity contribution < 1.29 is 14.0 Å². The van der Waals surface area contributed by atoms with E-state index in [4.69, 9.17) is 4.42 Å².